The number of aliphatic hydroxyl groups is 1. The molecular weight excluding hydrogens is 185 g/mol. The van der Waals surface area contributed by atoms with Crippen LogP contribution in [-0.2, 0) is 12.6 Å². The van der Waals surface area contributed by atoms with Crippen LogP contribution in [0.25, 0.3) is 0 Å². The molecule has 0 saturated heterocycles. The fraction of sp³-hybridized carbons (Fsp3) is 0.571. The minimum atomic E-state index is -4.42. The number of H-pyrrole nitrogens is 1. The number of aromatic amines is 1. The quantitative estimate of drug-likeness (QED) is 0.763. The average Bonchev–Trinajstić information content (AvgIpc) is 2.47. The van der Waals surface area contributed by atoms with Crippen molar-refractivity contribution in [1.29, 1.82) is 0 Å². The minimum Gasteiger partial charge on any atom is -0.396 e. The van der Waals surface area contributed by atoms with Crippen molar-refractivity contribution in [1.82, 2.24) is 9.97 Å². The van der Waals surface area contributed by atoms with Crippen molar-refractivity contribution in [3.05, 3.63) is 17.7 Å². The molecule has 0 aromatic carbocycles. The van der Waals surface area contributed by atoms with Gasteiger partial charge < -0.3 is 10.1 Å². The van der Waals surface area contributed by atoms with Crippen molar-refractivity contribution in [2.75, 3.05) is 6.61 Å². The molecule has 0 atom stereocenters. The Labute approximate surface area is 72.6 Å². The number of nitrogens with one attached hydrogen (secondary N) is 1. The van der Waals surface area contributed by atoms with Gasteiger partial charge in [-0.2, -0.15) is 13.2 Å². The predicted octanol–water partition coefficient (Wildman–Crippen LogP) is 1.35. The number of aliphatic hydroxyl groups excluding tert-OH is 1. The van der Waals surface area contributed by atoms with E-state index in [0.717, 1.165) is 6.20 Å². The number of halogens is 3. The second kappa shape index (κ2) is 3.78. The zero-order valence-corrected chi connectivity index (χ0v) is 6.73. The number of rotatable bonds is 3. The van der Waals surface area contributed by atoms with E-state index in [-0.39, 0.29) is 6.61 Å². The van der Waals surface area contributed by atoms with Crippen LogP contribution < -0.4 is 0 Å². The van der Waals surface area contributed by atoms with E-state index < -0.39 is 12.0 Å². The Morgan fingerprint density at radius 2 is 2.15 bits per heavy atom. The molecule has 0 amide bonds. The highest BCUT2D eigenvalue weighted by atomic mass is 19.4. The summed E-state index contributed by atoms with van der Waals surface area (Å²) in [6.45, 7) is -0.0413. The molecule has 0 saturated carbocycles. The van der Waals surface area contributed by atoms with Crippen LogP contribution in [0.3, 0.4) is 0 Å². The van der Waals surface area contributed by atoms with E-state index in [1.807, 2.05) is 0 Å². The molecule has 0 radical (unpaired) electrons. The lowest BCUT2D eigenvalue weighted by atomic mass is 10.3. The molecule has 6 heteroatoms. The molecular formula is C7H9F3N2O. The first-order chi connectivity index (χ1) is 6.04. The topological polar surface area (TPSA) is 48.9 Å². The third-order valence-electron chi connectivity index (χ3n) is 1.50. The number of imidazole rings is 1. The summed E-state index contributed by atoms with van der Waals surface area (Å²) >= 11 is 0. The van der Waals surface area contributed by atoms with Gasteiger partial charge in [0.15, 0.2) is 0 Å². The number of hydrogen-bond donors (Lipinski definition) is 2. The van der Waals surface area contributed by atoms with Crippen molar-refractivity contribution >= 4 is 0 Å². The van der Waals surface area contributed by atoms with E-state index in [1.165, 1.54) is 0 Å². The number of alkyl halides is 3. The van der Waals surface area contributed by atoms with Crippen LogP contribution in [0.5, 0.6) is 0 Å². The van der Waals surface area contributed by atoms with Gasteiger partial charge in [0.05, 0.1) is 0 Å². The lowest BCUT2D eigenvalue weighted by molar-refractivity contribution is -0.144. The molecule has 74 valence electrons. The molecule has 1 aromatic heterocycles. The van der Waals surface area contributed by atoms with Crippen LogP contribution in [0, 0.1) is 0 Å². The number of aryl methyl sites for hydroxylation is 1. The normalized spacial score (nSPS) is 12.0. The van der Waals surface area contributed by atoms with E-state index >= 15 is 0 Å². The first-order valence-electron chi connectivity index (χ1n) is 3.76. The molecule has 0 aliphatic carbocycles. The largest absolute Gasteiger partial charge is 0.449 e. The van der Waals surface area contributed by atoms with Crippen molar-refractivity contribution in [2.45, 2.75) is 19.0 Å². The van der Waals surface area contributed by atoms with Crippen LogP contribution in [0.15, 0.2) is 6.20 Å². The van der Waals surface area contributed by atoms with Crippen LogP contribution in [0.1, 0.15) is 17.9 Å². The van der Waals surface area contributed by atoms with Crippen LogP contribution in [0.4, 0.5) is 13.2 Å². The zero-order chi connectivity index (χ0) is 9.90. The first kappa shape index (κ1) is 10.0. The summed E-state index contributed by atoms with van der Waals surface area (Å²) in [5, 5.41) is 8.44. The van der Waals surface area contributed by atoms with Gasteiger partial charge >= 0.3 is 6.18 Å². The Kier molecular flexibility index (Phi) is 2.92. The first-order valence-corrected chi connectivity index (χ1v) is 3.76. The molecule has 1 rings (SSSR count). The highest BCUT2D eigenvalue weighted by molar-refractivity contribution is 5.03. The van der Waals surface area contributed by atoms with Crippen molar-refractivity contribution in [3.63, 3.8) is 0 Å². The van der Waals surface area contributed by atoms with Gasteiger partial charge in [-0.1, -0.05) is 0 Å². The van der Waals surface area contributed by atoms with Gasteiger partial charge in [0.25, 0.3) is 0 Å². The van der Waals surface area contributed by atoms with Gasteiger partial charge in [-0.3, -0.25) is 0 Å². The smallest absolute Gasteiger partial charge is 0.396 e. The molecule has 1 heterocycles. The Morgan fingerprint density at radius 3 is 2.62 bits per heavy atom. The second-order valence-corrected chi connectivity index (χ2v) is 2.58. The summed E-state index contributed by atoms with van der Waals surface area (Å²) in [7, 11) is 0. The van der Waals surface area contributed by atoms with Crippen LogP contribution >= 0.6 is 0 Å². The molecule has 0 fully saturated rings. The summed E-state index contributed by atoms with van der Waals surface area (Å²) in [6, 6.07) is 0. The molecule has 0 spiro atoms. The van der Waals surface area contributed by atoms with Gasteiger partial charge in [-0.05, 0) is 12.8 Å². The van der Waals surface area contributed by atoms with E-state index in [0.29, 0.717) is 18.5 Å². The maximum absolute atomic E-state index is 12.0. The molecule has 2 N–H and O–H groups in total. The Bertz CT molecular complexity index is 269. The van der Waals surface area contributed by atoms with Gasteiger partial charge in [0.1, 0.15) is 0 Å². The van der Waals surface area contributed by atoms with Crippen LogP contribution in [-0.4, -0.2) is 21.7 Å². The third-order valence-corrected chi connectivity index (χ3v) is 1.50. The molecule has 13 heavy (non-hydrogen) atoms. The van der Waals surface area contributed by atoms with E-state index in [9.17, 15) is 13.2 Å². The number of aromatic nitrogens is 2. The maximum atomic E-state index is 12.0. The third kappa shape index (κ3) is 2.73. The minimum absolute atomic E-state index is 0.0413. The zero-order valence-electron chi connectivity index (χ0n) is 6.73. The Morgan fingerprint density at radius 1 is 1.46 bits per heavy atom. The Hall–Kier alpha value is -1.04. The average molecular weight is 194 g/mol. The van der Waals surface area contributed by atoms with E-state index in [1.54, 1.807) is 0 Å². The van der Waals surface area contributed by atoms with Gasteiger partial charge in [0.2, 0.25) is 5.82 Å². The Balaban J connectivity index is 2.64. The van der Waals surface area contributed by atoms with Crippen LogP contribution in [0.2, 0.25) is 0 Å². The van der Waals surface area contributed by atoms with E-state index in [2.05, 4.69) is 9.97 Å². The molecule has 3 nitrogen and oxygen atoms in total. The summed E-state index contributed by atoms with van der Waals surface area (Å²) in [4.78, 5) is 5.32. The standard InChI is InChI=1S/C7H9F3N2O/c8-7(9,10)6-11-4-5(12-6)2-1-3-13/h4,13H,1-3H2,(H,11,12). The second-order valence-electron chi connectivity index (χ2n) is 2.58. The van der Waals surface area contributed by atoms with Crippen molar-refractivity contribution in [3.8, 4) is 0 Å². The monoisotopic (exact) mass is 194 g/mol. The molecule has 0 aliphatic rings. The molecule has 0 aliphatic heterocycles. The molecule has 0 bridgehead atoms. The number of nitrogens with zero attached hydrogens (tertiary/aromatic N) is 1. The summed E-state index contributed by atoms with van der Waals surface area (Å²) < 4.78 is 35.9. The highest BCUT2D eigenvalue weighted by Crippen LogP contribution is 2.26. The molecule has 0 unspecified atom stereocenters. The van der Waals surface area contributed by atoms with E-state index in [4.69, 9.17) is 5.11 Å². The fourth-order valence-electron chi connectivity index (χ4n) is 0.900. The van der Waals surface area contributed by atoms with Gasteiger partial charge in [-0.15, -0.1) is 0 Å². The summed E-state index contributed by atoms with van der Waals surface area (Å²) in [6.07, 6.45) is -2.48. The fourth-order valence-corrected chi connectivity index (χ4v) is 0.900. The predicted molar refractivity (Wildman–Crippen MR) is 39.0 cm³/mol. The maximum Gasteiger partial charge on any atom is 0.449 e. The SMILES string of the molecule is OCCCc1cnc(C(F)(F)F)[nH]1. The van der Waals surface area contributed by atoms with Crippen molar-refractivity contribution in [2.24, 2.45) is 0 Å². The van der Waals surface area contributed by atoms with Gasteiger partial charge in [-0.25, -0.2) is 4.98 Å². The number of hydrogen-bond acceptors (Lipinski definition) is 2. The highest BCUT2D eigenvalue weighted by Gasteiger charge is 2.34. The van der Waals surface area contributed by atoms with Crippen molar-refractivity contribution < 1.29 is 18.3 Å². The summed E-state index contributed by atoms with van der Waals surface area (Å²) in [5.74, 6) is -0.986. The van der Waals surface area contributed by atoms with Gasteiger partial charge in [0, 0.05) is 18.5 Å². The molecule has 1 aromatic rings. The summed E-state index contributed by atoms with van der Waals surface area (Å²) in [5.41, 5.74) is 0.390. The lowest BCUT2D eigenvalue weighted by Gasteiger charge is -2.00. The lowest BCUT2D eigenvalue weighted by Crippen LogP contribution is -2.07.